The van der Waals surface area contributed by atoms with Crippen LogP contribution in [0, 0.1) is 52.8 Å². The first kappa shape index (κ1) is 28.5. The van der Waals surface area contributed by atoms with E-state index in [1.165, 1.54) is 18.2 Å². The number of hydrogen-bond donors (Lipinski definition) is 2. The smallest absolute Gasteiger partial charge is 0.407 e. The molecule has 0 unspecified atom stereocenters. The highest BCUT2D eigenvalue weighted by Gasteiger charge is 2.66. The predicted octanol–water partition coefficient (Wildman–Crippen LogP) is 2.26. The number of aromatic nitrogens is 1. The number of methoxy groups -OCH3 is 1. The summed E-state index contributed by atoms with van der Waals surface area (Å²) in [6.07, 6.45) is 4.71. The van der Waals surface area contributed by atoms with E-state index >= 15 is 4.39 Å². The molecule has 4 amide bonds. The first-order chi connectivity index (χ1) is 21.7. The van der Waals surface area contributed by atoms with E-state index in [1.807, 2.05) is 0 Å². The van der Waals surface area contributed by atoms with Crippen molar-refractivity contribution in [3.8, 4) is 11.8 Å². The predicted molar refractivity (Wildman–Crippen MR) is 154 cm³/mol. The number of carbonyl (C=O) groups is 4. The van der Waals surface area contributed by atoms with Gasteiger partial charge in [-0.15, -0.1) is 0 Å². The van der Waals surface area contributed by atoms with Crippen LogP contribution in [0.3, 0.4) is 0 Å². The Kier molecular flexibility index (Phi) is 6.52. The van der Waals surface area contributed by atoms with Crippen molar-refractivity contribution in [1.29, 1.82) is 5.26 Å². The summed E-state index contributed by atoms with van der Waals surface area (Å²) < 4.78 is 26.4. The summed E-state index contributed by atoms with van der Waals surface area (Å²) in [4.78, 5) is 62.4. The lowest BCUT2D eigenvalue weighted by Gasteiger charge is -2.38. The molecule has 13 heteroatoms. The van der Waals surface area contributed by atoms with Crippen LogP contribution in [0.4, 0.5) is 15.0 Å². The fourth-order valence-electron chi connectivity index (χ4n) is 9.50. The van der Waals surface area contributed by atoms with Crippen LogP contribution in [-0.4, -0.2) is 88.7 Å². The molecule has 0 aromatic carbocycles. The van der Waals surface area contributed by atoms with Gasteiger partial charge < -0.3 is 29.9 Å². The zero-order valence-electron chi connectivity index (χ0n) is 25.1. The summed E-state index contributed by atoms with van der Waals surface area (Å²) in [5, 5.41) is 15.8. The molecule has 3 aliphatic heterocycles. The van der Waals surface area contributed by atoms with Gasteiger partial charge >= 0.3 is 6.09 Å². The molecule has 4 heterocycles. The van der Waals surface area contributed by atoms with Gasteiger partial charge in [0.2, 0.25) is 17.4 Å². The second kappa shape index (κ2) is 10.3. The molecule has 45 heavy (non-hydrogen) atoms. The Labute approximate surface area is 260 Å². The van der Waals surface area contributed by atoms with Gasteiger partial charge in [0.25, 0.3) is 5.91 Å². The van der Waals surface area contributed by atoms with E-state index in [0.717, 1.165) is 25.7 Å². The minimum absolute atomic E-state index is 0.0525. The maximum Gasteiger partial charge on any atom is 0.407 e. The molecule has 2 saturated heterocycles. The Bertz CT molecular complexity index is 1480. The third-order valence-electron chi connectivity index (χ3n) is 11.7. The van der Waals surface area contributed by atoms with E-state index in [4.69, 9.17) is 9.47 Å². The van der Waals surface area contributed by atoms with Crippen molar-refractivity contribution in [1.82, 2.24) is 20.1 Å². The molecule has 9 atom stereocenters. The van der Waals surface area contributed by atoms with Gasteiger partial charge in [0.15, 0.2) is 11.6 Å². The largest absolute Gasteiger partial charge is 0.472 e. The lowest BCUT2D eigenvalue weighted by atomic mass is 9.77. The van der Waals surface area contributed by atoms with Crippen molar-refractivity contribution >= 4 is 29.6 Å². The quantitative estimate of drug-likeness (QED) is 0.491. The fourth-order valence-corrected chi connectivity index (χ4v) is 9.50. The number of amides is 4. The van der Waals surface area contributed by atoms with E-state index in [9.17, 15) is 24.4 Å². The second-order valence-corrected chi connectivity index (χ2v) is 14.2. The number of alkyl carbamates (subject to hydrolysis) is 1. The lowest BCUT2D eigenvalue weighted by molar-refractivity contribution is -0.148. The zero-order chi connectivity index (χ0) is 31.2. The summed E-state index contributed by atoms with van der Waals surface area (Å²) in [7, 11) is 1.26. The van der Waals surface area contributed by atoms with Crippen LogP contribution in [0.15, 0.2) is 18.3 Å². The van der Waals surface area contributed by atoms with Gasteiger partial charge in [0.1, 0.15) is 24.3 Å². The SMILES string of the molecule is COC(=O)N[C@H](C(=O)N1C[C@@H]2[C@H]3C[C@@H]([C@@H]2[C@H]1C(=O)N1C[C@@]2(C[C@H]1C#N)Oc1cccnc1NC2=O)[C@H](F)C3)C(C1CC1)C1CC1. The molecule has 6 fully saturated rings. The Hall–Kier alpha value is -3.95. The monoisotopic (exact) mass is 620 g/mol. The maximum atomic E-state index is 15.3. The Morgan fingerprint density at radius 3 is 2.64 bits per heavy atom. The summed E-state index contributed by atoms with van der Waals surface area (Å²) in [6, 6.07) is 2.65. The van der Waals surface area contributed by atoms with Crippen molar-refractivity contribution < 1.29 is 33.0 Å². The number of pyridine rings is 1. The molecule has 8 rings (SSSR count). The topological polar surface area (TPSA) is 154 Å². The van der Waals surface area contributed by atoms with Crippen LogP contribution in [0.25, 0.3) is 0 Å². The average molecular weight is 621 g/mol. The molecule has 1 aromatic rings. The lowest BCUT2D eigenvalue weighted by Crippen LogP contribution is -2.59. The molecule has 4 aliphatic carbocycles. The number of likely N-dealkylation sites (tertiary alicyclic amines) is 2. The van der Waals surface area contributed by atoms with Crippen molar-refractivity contribution in [2.24, 2.45) is 41.4 Å². The molecule has 2 N–H and O–H groups in total. The van der Waals surface area contributed by atoms with E-state index in [0.29, 0.717) is 37.0 Å². The van der Waals surface area contributed by atoms with Gasteiger partial charge in [0.05, 0.1) is 19.7 Å². The normalized spacial score (nSPS) is 36.7. The molecule has 0 radical (unpaired) electrons. The molecular weight excluding hydrogens is 583 g/mol. The van der Waals surface area contributed by atoms with E-state index in [-0.39, 0.29) is 48.4 Å². The fraction of sp³-hybridized carbons (Fsp3) is 0.688. The summed E-state index contributed by atoms with van der Waals surface area (Å²) >= 11 is 0. The van der Waals surface area contributed by atoms with Gasteiger partial charge in [-0.2, -0.15) is 5.26 Å². The zero-order valence-corrected chi connectivity index (χ0v) is 25.1. The number of nitrogens with zero attached hydrogens (tertiary/aromatic N) is 4. The molecule has 1 spiro atoms. The third-order valence-corrected chi connectivity index (χ3v) is 11.7. The number of fused-ring (bicyclic) bond motifs is 6. The number of ether oxygens (including phenoxy) is 2. The Morgan fingerprint density at radius 2 is 1.96 bits per heavy atom. The van der Waals surface area contributed by atoms with Gasteiger partial charge in [-0.3, -0.25) is 14.4 Å². The number of halogens is 1. The van der Waals surface area contributed by atoms with E-state index < -0.39 is 53.7 Å². The van der Waals surface area contributed by atoms with Crippen molar-refractivity contribution in [2.75, 3.05) is 25.5 Å². The molecule has 1 aromatic heterocycles. The van der Waals surface area contributed by atoms with Crippen LogP contribution in [-0.2, 0) is 19.1 Å². The standard InChI is InChI=1S/C32H37FN6O6/c1-44-31(43)36-25(23(15-4-5-15)16-6-7-16)28(40)38-13-20-17-9-19(21(33)10-17)24(20)26(38)29(41)39-14-32(11-18(39)12-34)30(42)37-27-22(45-32)3-2-8-35-27/h2-3,8,15-21,23-26H,4-7,9-11,13-14H2,1H3,(H,36,43)(H,35,37,42)/t17-,18-,19+,20+,21+,24-,25-,26-,32+/m0/s1. The summed E-state index contributed by atoms with van der Waals surface area (Å²) in [6.45, 7) is 0.103. The maximum absolute atomic E-state index is 15.3. The molecule has 2 bridgehead atoms. The third kappa shape index (κ3) is 4.46. The first-order valence-electron chi connectivity index (χ1n) is 16.2. The first-order valence-corrected chi connectivity index (χ1v) is 16.2. The minimum Gasteiger partial charge on any atom is -0.472 e. The van der Waals surface area contributed by atoms with Gasteiger partial charge in [0, 0.05) is 19.2 Å². The highest BCUT2D eigenvalue weighted by Crippen LogP contribution is 2.59. The highest BCUT2D eigenvalue weighted by atomic mass is 19.1. The van der Waals surface area contributed by atoms with Gasteiger partial charge in [-0.05, 0) is 92.1 Å². The van der Waals surface area contributed by atoms with E-state index in [2.05, 4.69) is 21.7 Å². The molecular formula is C32H37FN6O6. The number of alkyl halides is 1. The molecule has 238 valence electrons. The van der Waals surface area contributed by atoms with Crippen LogP contribution in [0.1, 0.15) is 44.9 Å². The number of nitriles is 1. The minimum atomic E-state index is -1.51. The summed E-state index contributed by atoms with van der Waals surface area (Å²) in [5.41, 5.74) is -1.51. The number of anilines is 1. The van der Waals surface area contributed by atoms with Gasteiger partial charge in [-0.1, -0.05) is 0 Å². The van der Waals surface area contributed by atoms with Gasteiger partial charge in [-0.25, -0.2) is 14.2 Å². The van der Waals surface area contributed by atoms with Crippen LogP contribution in [0.5, 0.6) is 5.75 Å². The summed E-state index contributed by atoms with van der Waals surface area (Å²) in [5.74, 6) is -0.910. The number of nitrogens with one attached hydrogen (secondary N) is 2. The Balaban J connectivity index is 1.13. The highest BCUT2D eigenvalue weighted by molar-refractivity contribution is 6.01. The van der Waals surface area contributed by atoms with Crippen molar-refractivity contribution in [2.45, 2.75) is 74.8 Å². The average Bonchev–Trinajstić information content (AvgIpc) is 3.91. The van der Waals surface area contributed by atoms with Crippen LogP contribution < -0.4 is 15.4 Å². The number of rotatable bonds is 6. The number of carbonyl (C=O) groups excluding carboxylic acids is 4. The molecule has 12 nitrogen and oxygen atoms in total. The van der Waals surface area contributed by atoms with E-state index in [1.54, 1.807) is 17.0 Å². The number of hydrogen-bond acceptors (Lipinski definition) is 8. The van der Waals surface area contributed by atoms with Crippen LogP contribution in [0.2, 0.25) is 0 Å². The van der Waals surface area contributed by atoms with Crippen molar-refractivity contribution in [3.05, 3.63) is 18.3 Å². The second-order valence-electron chi connectivity index (χ2n) is 14.2. The Morgan fingerprint density at radius 1 is 1.20 bits per heavy atom. The van der Waals surface area contributed by atoms with Crippen LogP contribution >= 0.6 is 0 Å². The van der Waals surface area contributed by atoms with Crippen molar-refractivity contribution in [3.63, 3.8) is 0 Å². The molecule has 7 aliphatic rings. The molecule has 4 saturated carbocycles.